The van der Waals surface area contributed by atoms with Crippen molar-refractivity contribution >= 4 is 27.8 Å². The molecule has 178 valence electrons. The van der Waals surface area contributed by atoms with Crippen molar-refractivity contribution in [3.63, 3.8) is 0 Å². The molecule has 1 amide bonds. The average molecular weight is 482 g/mol. The van der Waals surface area contributed by atoms with Crippen LogP contribution in [0.5, 0.6) is 11.5 Å². The van der Waals surface area contributed by atoms with E-state index in [0.717, 1.165) is 15.4 Å². The van der Waals surface area contributed by atoms with E-state index in [1.54, 1.807) is 67.8 Å². The Labute approximate surface area is 199 Å². The second kappa shape index (κ2) is 11.3. The highest BCUT2D eigenvalue weighted by Crippen LogP contribution is 2.26. The fourth-order valence-electron chi connectivity index (χ4n) is 3.09. The SMILES string of the molecule is CCOc1ccc(N(CC(=O)N/N=C\c2cccc(OC)c2)S(=O)(=O)c2ccc(C)cc2)cc1. The zero-order valence-electron chi connectivity index (χ0n) is 19.3. The number of rotatable bonds is 10. The summed E-state index contributed by atoms with van der Waals surface area (Å²) < 4.78 is 38.5. The van der Waals surface area contributed by atoms with Crippen LogP contribution in [0.2, 0.25) is 0 Å². The van der Waals surface area contributed by atoms with Gasteiger partial charge in [-0.15, -0.1) is 0 Å². The Morgan fingerprint density at radius 3 is 2.38 bits per heavy atom. The normalized spacial score (nSPS) is 11.3. The highest BCUT2D eigenvalue weighted by molar-refractivity contribution is 7.92. The minimum atomic E-state index is -4.01. The summed E-state index contributed by atoms with van der Waals surface area (Å²) >= 11 is 0. The zero-order valence-corrected chi connectivity index (χ0v) is 20.1. The minimum absolute atomic E-state index is 0.0830. The largest absolute Gasteiger partial charge is 0.497 e. The molecule has 0 radical (unpaired) electrons. The summed E-state index contributed by atoms with van der Waals surface area (Å²) in [6.45, 7) is 3.75. The van der Waals surface area contributed by atoms with Crippen LogP contribution >= 0.6 is 0 Å². The molecule has 3 aromatic carbocycles. The van der Waals surface area contributed by atoms with Crippen molar-refractivity contribution in [3.8, 4) is 11.5 Å². The van der Waals surface area contributed by atoms with Gasteiger partial charge in [0, 0.05) is 0 Å². The first-order chi connectivity index (χ1) is 16.3. The predicted molar refractivity (Wildman–Crippen MR) is 132 cm³/mol. The second-order valence-corrected chi connectivity index (χ2v) is 9.18. The summed E-state index contributed by atoms with van der Waals surface area (Å²) in [4.78, 5) is 12.7. The van der Waals surface area contributed by atoms with Gasteiger partial charge in [0.15, 0.2) is 0 Å². The number of hydrogen-bond donors (Lipinski definition) is 1. The number of benzene rings is 3. The molecule has 34 heavy (non-hydrogen) atoms. The standard InChI is InChI=1S/C25H27N3O5S/c1-4-33-22-12-10-21(11-13-22)28(34(30,31)24-14-8-19(2)9-15-24)18-25(29)27-26-17-20-6-5-7-23(16-20)32-3/h5-17H,4,18H2,1-3H3,(H,27,29)/b26-17-. The van der Waals surface area contributed by atoms with Crippen molar-refractivity contribution in [3.05, 3.63) is 83.9 Å². The van der Waals surface area contributed by atoms with Gasteiger partial charge < -0.3 is 9.47 Å². The lowest BCUT2D eigenvalue weighted by Gasteiger charge is -2.24. The Balaban J connectivity index is 1.83. The van der Waals surface area contributed by atoms with Gasteiger partial charge in [-0.25, -0.2) is 13.8 Å². The molecule has 0 unspecified atom stereocenters. The number of nitrogens with one attached hydrogen (secondary N) is 1. The molecule has 0 aliphatic carbocycles. The topological polar surface area (TPSA) is 97.3 Å². The third-order valence-electron chi connectivity index (χ3n) is 4.83. The highest BCUT2D eigenvalue weighted by atomic mass is 32.2. The van der Waals surface area contributed by atoms with Gasteiger partial charge in [0.1, 0.15) is 18.0 Å². The van der Waals surface area contributed by atoms with Crippen molar-refractivity contribution in [1.29, 1.82) is 0 Å². The molecule has 0 heterocycles. The van der Waals surface area contributed by atoms with Crippen molar-refractivity contribution in [2.75, 3.05) is 24.6 Å². The predicted octanol–water partition coefficient (Wildman–Crippen LogP) is 3.75. The van der Waals surface area contributed by atoms with Crippen molar-refractivity contribution < 1.29 is 22.7 Å². The molecular weight excluding hydrogens is 454 g/mol. The first-order valence-electron chi connectivity index (χ1n) is 10.6. The Morgan fingerprint density at radius 2 is 1.74 bits per heavy atom. The third-order valence-corrected chi connectivity index (χ3v) is 6.62. The van der Waals surface area contributed by atoms with Crippen LogP contribution in [0.15, 0.2) is 82.8 Å². The third kappa shape index (κ3) is 6.35. The molecule has 0 bridgehead atoms. The highest BCUT2D eigenvalue weighted by Gasteiger charge is 2.27. The molecule has 0 saturated carbocycles. The van der Waals surface area contributed by atoms with Gasteiger partial charge in [0.2, 0.25) is 0 Å². The summed E-state index contributed by atoms with van der Waals surface area (Å²) in [7, 11) is -2.46. The Morgan fingerprint density at radius 1 is 1.03 bits per heavy atom. The number of nitrogens with zero attached hydrogens (tertiary/aromatic N) is 2. The Bertz CT molecular complexity index is 1240. The van der Waals surface area contributed by atoms with Crippen LogP contribution in [-0.2, 0) is 14.8 Å². The molecule has 1 N–H and O–H groups in total. The van der Waals surface area contributed by atoms with Crippen molar-refractivity contribution in [2.45, 2.75) is 18.7 Å². The summed E-state index contributed by atoms with van der Waals surface area (Å²) in [5.74, 6) is 0.663. The van der Waals surface area contributed by atoms with E-state index >= 15 is 0 Å². The van der Waals surface area contributed by atoms with E-state index < -0.39 is 22.5 Å². The van der Waals surface area contributed by atoms with E-state index in [1.807, 2.05) is 13.8 Å². The van der Waals surface area contributed by atoms with Crippen molar-refractivity contribution in [1.82, 2.24) is 5.43 Å². The van der Waals surface area contributed by atoms with Crippen LogP contribution in [0.25, 0.3) is 0 Å². The van der Waals surface area contributed by atoms with Gasteiger partial charge in [-0.1, -0.05) is 29.8 Å². The van der Waals surface area contributed by atoms with E-state index in [-0.39, 0.29) is 4.90 Å². The van der Waals surface area contributed by atoms with Crippen LogP contribution in [0, 0.1) is 6.92 Å². The Hall–Kier alpha value is -3.85. The summed E-state index contributed by atoms with van der Waals surface area (Å²) in [6, 6.07) is 20.1. The van der Waals surface area contributed by atoms with E-state index in [1.165, 1.54) is 18.3 Å². The quantitative estimate of drug-likeness (QED) is 0.351. The lowest BCUT2D eigenvalue weighted by Crippen LogP contribution is -2.39. The van der Waals surface area contributed by atoms with E-state index in [2.05, 4.69) is 10.5 Å². The van der Waals surface area contributed by atoms with E-state index in [9.17, 15) is 13.2 Å². The lowest BCUT2D eigenvalue weighted by molar-refractivity contribution is -0.119. The lowest BCUT2D eigenvalue weighted by atomic mass is 10.2. The summed E-state index contributed by atoms with van der Waals surface area (Å²) in [6.07, 6.45) is 1.45. The van der Waals surface area contributed by atoms with Gasteiger partial charge >= 0.3 is 0 Å². The Kier molecular flexibility index (Phi) is 8.26. The number of hydrogen-bond acceptors (Lipinski definition) is 6. The molecule has 0 atom stereocenters. The number of anilines is 1. The van der Waals surface area contributed by atoms with E-state index in [0.29, 0.717) is 23.8 Å². The molecule has 0 aliphatic heterocycles. The fourth-order valence-corrected chi connectivity index (χ4v) is 4.52. The van der Waals surface area contributed by atoms with Crippen LogP contribution in [0.3, 0.4) is 0 Å². The van der Waals surface area contributed by atoms with Gasteiger partial charge in [-0.05, 0) is 67.9 Å². The van der Waals surface area contributed by atoms with Gasteiger partial charge in [-0.2, -0.15) is 5.10 Å². The number of amides is 1. The fraction of sp³-hybridized carbons (Fsp3) is 0.200. The maximum Gasteiger partial charge on any atom is 0.264 e. The molecule has 0 aromatic heterocycles. The zero-order chi connectivity index (χ0) is 24.6. The average Bonchev–Trinajstić information content (AvgIpc) is 2.84. The maximum absolute atomic E-state index is 13.4. The first-order valence-corrected chi connectivity index (χ1v) is 12.1. The number of sulfonamides is 1. The minimum Gasteiger partial charge on any atom is -0.497 e. The molecule has 0 aliphatic rings. The number of carbonyl (C=O) groups is 1. The van der Waals surface area contributed by atoms with Gasteiger partial charge in [-0.3, -0.25) is 9.10 Å². The smallest absolute Gasteiger partial charge is 0.264 e. The van der Waals surface area contributed by atoms with Gasteiger partial charge in [0.05, 0.1) is 30.5 Å². The maximum atomic E-state index is 13.4. The summed E-state index contributed by atoms with van der Waals surface area (Å²) in [5.41, 5.74) is 4.37. The summed E-state index contributed by atoms with van der Waals surface area (Å²) in [5, 5.41) is 3.95. The first kappa shape index (κ1) is 24.8. The molecule has 9 heteroatoms. The molecule has 0 fully saturated rings. The second-order valence-electron chi connectivity index (χ2n) is 7.32. The van der Waals surface area contributed by atoms with Crippen LogP contribution in [0.4, 0.5) is 5.69 Å². The van der Waals surface area contributed by atoms with Gasteiger partial charge in [0.25, 0.3) is 15.9 Å². The van der Waals surface area contributed by atoms with Crippen LogP contribution in [0.1, 0.15) is 18.1 Å². The molecule has 0 saturated heterocycles. The number of carbonyl (C=O) groups excluding carboxylic acids is 1. The number of ether oxygens (including phenoxy) is 2. The molecule has 3 aromatic rings. The molecular formula is C25H27N3O5S. The van der Waals surface area contributed by atoms with E-state index in [4.69, 9.17) is 9.47 Å². The molecule has 0 spiro atoms. The number of aryl methyl sites for hydroxylation is 1. The number of methoxy groups -OCH3 is 1. The van der Waals surface area contributed by atoms with Crippen LogP contribution in [-0.4, -0.2) is 40.8 Å². The van der Waals surface area contributed by atoms with Crippen molar-refractivity contribution in [2.24, 2.45) is 5.10 Å². The molecule has 8 nitrogen and oxygen atoms in total. The monoisotopic (exact) mass is 481 g/mol. The van der Waals surface area contributed by atoms with Crippen LogP contribution < -0.4 is 19.2 Å². The number of hydrazone groups is 1. The molecule has 3 rings (SSSR count).